The van der Waals surface area contributed by atoms with Gasteiger partial charge in [0.1, 0.15) is 11.9 Å². The van der Waals surface area contributed by atoms with E-state index in [-0.39, 0.29) is 18.0 Å². The summed E-state index contributed by atoms with van der Waals surface area (Å²) in [6.45, 7) is 2.33. The molecule has 8 heteroatoms. The summed E-state index contributed by atoms with van der Waals surface area (Å²) >= 11 is 13.0. The number of likely N-dealkylation sites (tertiary alicyclic amines) is 1. The van der Waals surface area contributed by atoms with Gasteiger partial charge < -0.3 is 14.8 Å². The summed E-state index contributed by atoms with van der Waals surface area (Å²) in [6.07, 6.45) is 6.08. The molecule has 0 spiro atoms. The lowest BCUT2D eigenvalue weighted by molar-refractivity contribution is -0.116. The van der Waals surface area contributed by atoms with E-state index in [9.17, 15) is 9.59 Å². The standard InChI is InChI=1S/C33H32Cl2N2O4/c1-36-31(38)7-4-16-37-19-26(20-37)41-25-12-8-21(9-13-25)32-27-14-10-23(33(39)40-2)17-22(27)5-3-6-29(32)28-15-11-24(34)18-30(28)35/h4,7-15,17-18,26H,3,5-6,16,19-20H2,1-2H3,(H,36,38)/b7-4+. The predicted molar refractivity (Wildman–Crippen MR) is 164 cm³/mol. The van der Waals surface area contributed by atoms with E-state index in [0.29, 0.717) is 22.2 Å². The van der Waals surface area contributed by atoms with Crippen molar-refractivity contribution in [3.05, 3.63) is 111 Å². The van der Waals surface area contributed by atoms with Gasteiger partial charge in [-0.2, -0.15) is 0 Å². The maximum atomic E-state index is 12.3. The van der Waals surface area contributed by atoms with Gasteiger partial charge in [-0.15, -0.1) is 0 Å². The molecule has 6 nitrogen and oxygen atoms in total. The van der Waals surface area contributed by atoms with Gasteiger partial charge in [-0.3, -0.25) is 9.69 Å². The normalized spacial score (nSPS) is 15.7. The van der Waals surface area contributed by atoms with Gasteiger partial charge in [-0.1, -0.05) is 53.5 Å². The molecule has 2 aliphatic rings. The minimum Gasteiger partial charge on any atom is -0.488 e. The molecular formula is C33H32Cl2N2O4. The number of likely N-dealkylation sites (N-methyl/N-ethyl adjacent to an activating group) is 1. The summed E-state index contributed by atoms with van der Waals surface area (Å²) < 4.78 is 11.2. The van der Waals surface area contributed by atoms with Crippen molar-refractivity contribution in [2.45, 2.75) is 25.4 Å². The highest BCUT2D eigenvalue weighted by Gasteiger charge is 2.28. The van der Waals surface area contributed by atoms with Crippen LogP contribution >= 0.6 is 23.2 Å². The Morgan fingerprint density at radius 2 is 1.76 bits per heavy atom. The number of nitrogens with one attached hydrogen (secondary N) is 1. The Bertz CT molecular complexity index is 1510. The van der Waals surface area contributed by atoms with Crippen LogP contribution in [0.1, 0.15) is 45.5 Å². The number of carbonyl (C=O) groups is 2. The lowest BCUT2D eigenvalue weighted by atomic mass is 9.87. The Morgan fingerprint density at radius 1 is 1.00 bits per heavy atom. The van der Waals surface area contributed by atoms with Crippen LogP contribution in [0.25, 0.3) is 11.1 Å². The molecule has 0 unspecified atom stereocenters. The number of hydrogen-bond acceptors (Lipinski definition) is 5. The summed E-state index contributed by atoms with van der Waals surface area (Å²) in [5, 5.41) is 3.78. The number of aryl methyl sites for hydroxylation is 1. The number of fused-ring (bicyclic) bond motifs is 1. The van der Waals surface area contributed by atoms with Crippen LogP contribution in [0.3, 0.4) is 0 Å². The van der Waals surface area contributed by atoms with E-state index in [1.807, 2.05) is 48.5 Å². The molecule has 5 rings (SSSR count). The zero-order chi connectivity index (χ0) is 28.9. The van der Waals surface area contributed by atoms with Gasteiger partial charge in [0.2, 0.25) is 5.91 Å². The summed E-state index contributed by atoms with van der Waals surface area (Å²) in [5.41, 5.74) is 6.94. The number of hydrogen-bond donors (Lipinski definition) is 1. The first-order valence-electron chi connectivity index (χ1n) is 13.6. The lowest BCUT2D eigenvalue weighted by Gasteiger charge is -2.38. The third kappa shape index (κ3) is 6.67. The fraction of sp³-hybridized carbons (Fsp3) is 0.273. The molecule has 0 aromatic heterocycles. The molecule has 1 aliphatic carbocycles. The maximum Gasteiger partial charge on any atom is 0.337 e. The second-order valence-corrected chi connectivity index (χ2v) is 11.0. The average Bonchev–Trinajstić information content (AvgIpc) is 3.14. The molecular weight excluding hydrogens is 559 g/mol. The molecule has 1 fully saturated rings. The Morgan fingerprint density at radius 3 is 2.46 bits per heavy atom. The van der Waals surface area contributed by atoms with Crippen molar-refractivity contribution in [1.82, 2.24) is 10.2 Å². The zero-order valence-corrected chi connectivity index (χ0v) is 24.6. The number of carbonyl (C=O) groups excluding carboxylic acids is 2. The SMILES string of the molecule is CNC(=O)/C=C/CN1CC(Oc2ccc(C3=C(c4ccc(Cl)cc4Cl)CCCc4cc(C(=O)OC)ccc43)cc2)C1. The van der Waals surface area contributed by atoms with Gasteiger partial charge in [-0.25, -0.2) is 4.79 Å². The number of benzene rings is 3. The second-order valence-electron chi connectivity index (χ2n) is 10.2. The minimum atomic E-state index is -0.345. The maximum absolute atomic E-state index is 12.3. The van der Waals surface area contributed by atoms with Crippen LogP contribution in [-0.4, -0.2) is 56.7 Å². The van der Waals surface area contributed by atoms with E-state index in [0.717, 1.165) is 71.5 Å². The molecule has 3 aromatic rings. The fourth-order valence-corrected chi connectivity index (χ4v) is 5.92. The molecule has 0 bridgehead atoms. The van der Waals surface area contributed by atoms with Crippen molar-refractivity contribution < 1.29 is 19.1 Å². The van der Waals surface area contributed by atoms with Gasteiger partial charge in [0, 0.05) is 42.8 Å². The first-order valence-corrected chi connectivity index (χ1v) is 14.4. The van der Waals surface area contributed by atoms with Crippen LogP contribution in [0.2, 0.25) is 10.0 Å². The van der Waals surface area contributed by atoms with Gasteiger partial charge in [0.25, 0.3) is 0 Å². The van der Waals surface area contributed by atoms with Crippen molar-refractivity contribution in [3.63, 3.8) is 0 Å². The van der Waals surface area contributed by atoms with Crippen LogP contribution in [0.5, 0.6) is 5.75 Å². The number of esters is 1. The van der Waals surface area contributed by atoms with Crippen LogP contribution in [-0.2, 0) is 16.0 Å². The van der Waals surface area contributed by atoms with Gasteiger partial charge in [0.05, 0.1) is 12.7 Å². The number of halogens is 2. The Balaban J connectivity index is 1.42. The van der Waals surface area contributed by atoms with E-state index in [1.165, 1.54) is 7.11 Å². The van der Waals surface area contributed by atoms with Crippen molar-refractivity contribution in [3.8, 4) is 5.75 Å². The predicted octanol–water partition coefficient (Wildman–Crippen LogP) is 6.44. The molecule has 1 N–H and O–H groups in total. The highest BCUT2D eigenvalue weighted by molar-refractivity contribution is 6.36. The number of amides is 1. The first kappa shape index (κ1) is 28.9. The number of ether oxygens (including phenoxy) is 2. The molecule has 1 amide bonds. The Kier molecular flexibility index (Phi) is 9.13. The number of nitrogens with zero attached hydrogens (tertiary/aromatic N) is 1. The van der Waals surface area contributed by atoms with Gasteiger partial charge in [0.15, 0.2) is 0 Å². The average molecular weight is 592 g/mol. The topological polar surface area (TPSA) is 67.9 Å². The minimum absolute atomic E-state index is 0.102. The summed E-state index contributed by atoms with van der Waals surface area (Å²) in [7, 11) is 3.01. The monoisotopic (exact) mass is 590 g/mol. The van der Waals surface area contributed by atoms with E-state index >= 15 is 0 Å². The number of rotatable bonds is 8. The summed E-state index contributed by atoms with van der Waals surface area (Å²) in [4.78, 5) is 25.8. The van der Waals surface area contributed by atoms with Crippen LogP contribution in [0, 0.1) is 0 Å². The van der Waals surface area contributed by atoms with E-state index < -0.39 is 0 Å². The van der Waals surface area contributed by atoms with E-state index in [4.69, 9.17) is 32.7 Å². The third-order valence-electron chi connectivity index (χ3n) is 7.48. The molecule has 0 saturated carbocycles. The Hall–Kier alpha value is -3.58. The number of methoxy groups -OCH3 is 1. The van der Waals surface area contributed by atoms with E-state index in [1.54, 1.807) is 19.2 Å². The molecule has 3 aromatic carbocycles. The molecule has 0 atom stereocenters. The highest BCUT2D eigenvalue weighted by Crippen LogP contribution is 2.42. The van der Waals surface area contributed by atoms with Crippen LogP contribution < -0.4 is 10.1 Å². The molecule has 1 heterocycles. The third-order valence-corrected chi connectivity index (χ3v) is 8.02. The highest BCUT2D eigenvalue weighted by atomic mass is 35.5. The number of allylic oxidation sites excluding steroid dienone is 1. The van der Waals surface area contributed by atoms with Crippen molar-refractivity contribution in [2.24, 2.45) is 0 Å². The van der Waals surface area contributed by atoms with Crippen molar-refractivity contribution >= 4 is 46.2 Å². The van der Waals surface area contributed by atoms with Gasteiger partial charge >= 0.3 is 5.97 Å². The molecule has 212 valence electrons. The van der Waals surface area contributed by atoms with Crippen LogP contribution in [0.4, 0.5) is 0 Å². The quantitative estimate of drug-likeness (QED) is 0.241. The van der Waals surface area contributed by atoms with Crippen LogP contribution in [0.15, 0.2) is 72.8 Å². The fourth-order valence-electron chi connectivity index (χ4n) is 5.40. The summed E-state index contributed by atoms with van der Waals surface area (Å²) in [6, 6.07) is 19.6. The summed E-state index contributed by atoms with van der Waals surface area (Å²) in [5.74, 6) is 0.359. The molecule has 1 aliphatic heterocycles. The Labute approximate surface area is 250 Å². The smallest absolute Gasteiger partial charge is 0.337 e. The second kappa shape index (κ2) is 12.9. The molecule has 1 saturated heterocycles. The largest absolute Gasteiger partial charge is 0.488 e. The zero-order valence-electron chi connectivity index (χ0n) is 23.1. The van der Waals surface area contributed by atoms with E-state index in [2.05, 4.69) is 22.3 Å². The van der Waals surface area contributed by atoms with Crippen molar-refractivity contribution in [2.75, 3.05) is 33.8 Å². The lowest BCUT2D eigenvalue weighted by Crippen LogP contribution is -2.53. The molecule has 41 heavy (non-hydrogen) atoms. The van der Waals surface area contributed by atoms with Gasteiger partial charge in [-0.05, 0) is 89.1 Å². The first-order chi connectivity index (χ1) is 19.9. The molecule has 0 radical (unpaired) electrons. The van der Waals surface area contributed by atoms with Crippen molar-refractivity contribution in [1.29, 1.82) is 0 Å².